The van der Waals surface area contributed by atoms with E-state index in [-0.39, 0.29) is 17.6 Å². The van der Waals surface area contributed by atoms with Gasteiger partial charge in [0.05, 0.1) is 12.2 Å². The van der Waals surface area contributed by atoms with Gasteiger partial charge in [-0.25, -0.2) is 13.5 Å². The molecule has 1 N–H and O–H groups in total. The van der Waals surface area contributed by atoms with Crippen molar-refractivity contribution in [2.75, 3.05) is 0 Å². The number of carbonyl (C=O) groups excluding carboxylic acids is 1. The number of hydrogen-bond acceptors (Lipinski definition) is 4. The fourth-order valence-corrected chi connectivity index (χ4v) is 4.23. The van der Waals surface area contributed by atoms with Gasteiger partial charge in [0, 0.05) is 22.9 Å². The van der Waals surface area contributed by atoms with Gasteiger partial charge in [-0.3, -0.25) is 4.79 Å². The lowest BCUT2D eigenvalue weighted by Gasteiger charge is -2.24. The second-order valence-electron chi connectivity index (χ2n) is 7.80. The summed E-state index contributed by atoms with van der Waals surface area (Å²) in [5, 5.41) is 11.5. The zero-order chi connectivity index (χ0) is 22.2. The van der Waals surface area contributed by atoms with Crippen molar-refractivity contribution in [1.29, 1.82) is 0 Å². The van der Waals surface area contributed by atoms with Gasteiger partial charge in [-0.2, -0.15) is 5.10 Å². The Balaban J connectivity index is 1.45. The zero-order valence-corrected chi connectivity index (χ0v) is 17.3. The molecule has 4 aromatic rings. The molecule has 1 aliphatic carbocycles. The van der Waals surface area contributed by atoms with Crippen molar-refractivity contribution >= 4 is 5.91 Å². The molecule has 0 bridgehead atoms. The van der Waals surface area contributed by atoms with Crippen LogP contribution in [0, 0.1) is 18.6 Å². The van der Waals surface area contributed by atoms with Crippen molar-refractivity contribution in [3.8, 4) is 16.9 Å². The van der Waals surface area contributed by atoms with Crippen LogP contribution >= 0.6 is 0 Å². The van der Waals surface area contributed by atoms with Crippen LogP contribution in [0.4, 0.5) is 8.78 Å². The third-order valence-electron chi connectivity index (χ3n) is 5.76. The van der Waals surface area contributed by atoms with E-state index in [1.165, 1.54) is 16.8 Å². The first kappa shape index (κ1) is 20.1. The third-order valence-corrected chi connectivity index (χ3v) is 5.76. The van der Waals surface area contributed by atoms with Crippen LogP contribution < -0.4 is 5.32 Å². The lowest BCUT2D eigenvalue weighted by molar-refractivity contribution is 0.0931. The van der Waals surface area contributed by atoms with E-state index in [9.17, 15) is 13.6 Å². The van der Waals surface area contributed by atoms with Gasteiger partial charge in [0.25, 0.3) is 5.91 Å². The molecule has 2 aromatic heterocycles. The minimum Gasteiger partial charge on any atom is -0.360 e. The summed E-state index contributed by atoms with van der Waals surface area (Å²) >= 11 is 0. The second-order valence-corrected chi connectivity index (χ2v) is 7.80. The summed E-state index contributed by atoms with van der Waals surface area (Å²) < 4.78 is 34.5. The Kier molecular flexibility index (Phi) is 5.05. The number of nitrogens with zero attached hydrogens (tertiary/aromatic N) is 3. The molecule has 1 atom stereocenters. The minimum atomic E-state index is -0.686. The van der Waals surface area contributed by atoms with Gasteiger partial charge in [-0.15, -0.1) is 0 Å². The molecular weight excluding hydrogens is 414 g/mol. The maximum atomic E-state index is 14.3. The van der Waals surface area contributed by atoms with E-state index in [0.29, 0.717) is 23.4 Å². The number of hydrogen-bond donors (Lipinski definition) is 1. The van der Waals surface area contributed by atoms with Gasteiger partial charge < -0.3 is 9.84 Å². The van der Waals surface area contributed by atoms with Crippen LogP contribution in [0.25, 0.3) is 16.9 Å². The van der Waals surface area contributed by atoms with E-state index < -0.39 is 11.6 Å². The number of rotatable bonds is 4. The van der Waals surface area contributed by atoms with Crippen molar-refractivity contribution in [3.63, 3.8) is 0 Å². The first-order chi connectivity index (χ1) is 15.5. The van der Waals surface area contributed by atoms with Crippen molar-refractivity contribution < 1.29 is 18.1 Å². The number of nitrogens with one attached hydrogen (secondary N) is 1. The fourth-order valence-electron chi connectivity index (χ4n) is 4.23. The third kappa shape index (κ3) is 3.47. The predicted molar refractivity (Wildman–Crippen MR) is 113 cm³/mol. The average Bonchev–Trinajstić information content (AvgIpc) is 3.39. The van der Waals surface area contributed by atoms with Gasteiger partial charge in [-0.05, 0) is 38.3 Å². The van der Waals surface area contributed by atoms with Crippen molar-refractivity contribution in [3.05, 3.63) is 88.9 Å². The second kappa shape index (κ2) is 8.03. The number of carbonyl (C=O) groups is 1. The molecule has 0 fully saturated rings. The Bertz CT molecular complexity index is 1300. The Morgan fingerprint density at radius 2 is 2.00 bits per heavy atom. The van der Waals surface area contributed by atoms with E-state index in [1.54, 1.807) is 13.1 Å². The lowest BCUT2D eigenvalue weighted by Crippen LogP contribution is -2.31. The van der Waals surface area contributed by atoms with Gasteiger partial charge in [0.1, 0.15) is 28.5 Å². The number of aryl methyl sites for hydroxylation is 1. The Morgan fingerprint density at radius 1 is 1.19 bits per heavy atom. The summed E-state index contributed by atoms with van der Waals surface area (Å²) in [4.78, 5) is 13.2. The lowest BCUT2D eigenvalue weighted by atomic mass is 9.92. The summed E-state index contributed by atoms with van der Waals surface area (Å²) in [5.74, 6) is -1.19. The molecular formula is C24H20F2N4O2. The van der Waals surface area contributed by atoms with E-state index in [1.807, 2.05) is 30.3 Å². The highest BCUT2D eigenvalue weighted by Crippen LogP contribution is 2.33. The summed E-state index contributed by atoms with van der Waals surface area (Å²) in [6.07, 6.45) is 3.84. The number of fused-ring (bicyclic) bond motifs is 1. The molecule has 0 unspecified atom stereocenters. The van der Waals surface area contributed by atoms with Crippen molar-refractivity contribution in [1.82, 2.24) is 20.3 Å². The summed E-state index contributed by atoms with van der Waals surface area (Å²) in [6.45, 7) is 1.70. The maximum absolute atomic E-state index is 14.3. The normalized spacial score (nSPS) is 15.4. The first-order valence-corrected chi connectivity index (χ1v) is 10.4. The molecule has 32 heavy (non-hydrogen) atoms. The monoisotopic (exact) mass is 434 g/mol. The Morgan fingerprint density at radius 3 is 2.78 bits per heavy atom. The molecule has 0 saturated carbocycles. The van der Waals surface area contributed by atoms with Crippen LogP contribution in [-0.4, -0.2) is 20.8 Å². The average molecular weight is 434 g/mol. The van der Waals surface area contributed by atoms with Crippen LogP contribution in [0.5, 0.6) is 0 Å². The maximum Gasteiger partial charge on any atom is 0.257 e. The highest BCUT2D eigenvalue weighted by atomic mass is 19.1. The topological polar surface area (TPSA) is 73.0 Å². The molecule has 162 valence electrons. The summed E-state index contributed by atoms with van der Waals surface area (Å²) in [7, 11) is 0. The van der Waals surface area contributed by atoms with Crippen LogP contribution in [-0.2, 0) is 6.42 Å². The standard InChI is InChI=1S/C24H20F2N4O2/c1-14-22(23(29-32-14)15-6-3-2-4-7-15)24(31)28-19-8-5-9-20-17(19)13-27-30(20)21-11-10-16(25)12-18(21)26/h2-4,6-7,10-13,19H,5,8-9H2,1H3,(H,28,31)/t19-/m1/s1. The van der Waals surface area contributed by atoms with Crippen LogP contribution in [0.1, 0.15) is 46.3 Å². The summed E-state index contributed by atoms with van der Waals surface area (Å²) in [6, 6.07) is 12.5. The van der Waals surface area contributed by atoms with Crippen LogP contribution in [0.15, 0.2) is 59.3 Å². The van der Waals surface area contributed by atoms with Crippen LogP contribution in [0.2, 0.25) is 0 Å². The van der Waals surface area contributed by atoms with Crippen LogP contribution in [0.3, 0.4) is 0 Å². The van der Waals surface area contributed by atoms with E-state index >= 15 is 0 Å². The zero-order valence-electron chi connectivity index (χ0n) is 17.3. The molecule has 2 heterocycles. The number of amides is 1. The number of halogens is 2. The molecule has 5 rings (SSSR count). The predicted octanol–water partition coefficient (Wildman–Crippen LogP) is 4.92. The number of aromatic nitrogens is 3. The first-order valence-electron chi connectivity index (χ1n) is 10.4. The minimum absolute atomic E-state index is 0.181. The van der Waals surface area contributed by atoms with E-state index in [4.69, 9.17) is 4.52 Å². The SMILES string of the molecule is Cc1onc(-c2ccccc2)c1C(=O)N[C@@H]1CCCc2c1cnn2-c1ccc(F)cc1F. The largest absolute Gasteiger partial charge is 0.360 e. The molecule has 0 radical (unpaired) electrons. The Labute approximate surface area is 182 Å². The molecule has 0 saturated heterocycles. The van der Waals surface area contributed by atoms with Crippen molar-refractivity contribution in [2.24, 2.45) is 0 Å². The van der Waals surface area contributed by atoms with Gasteiger partial charge in [0.15, 0.2) is 5.82 Å². The quantitative estimate of drug-likeness (QED) is 0.495. The fraction of sp³-hybridized carbons (Fsp3) is 0.208. The van der Waals surface area contributed by atoms with Gasteiger partial charge in [-0.1, -0.05) is 35.5 Å². The molecule has 0 spiro atoms. The molecule has 0 aliphatic heterocycles. The Hall–Kier alpha value is -3.81. The van der Waals surface area contributed by atoms with Crippen molar-refractivity contribution in [2.45, 2.75) is 32.2 Å². The molecule has 1 amide bonds. The number of benzene rings is 2. The molecule has 1 aliphatic rings. The smallest absolute Gasteiger partial charge is 0.257 e. The highest BCUT2D eigenvalue weighted by molar-refractivity contribution is 6.01. The van der Waals surface area contributed by atoms with Gasteiger partial charge >= 0.3 is 0 Å². The van der Waals surface area contributed by atoms with Gasteiger partial charge in [0.2, 0.25) is 0 Å². The molecule has 2 aromatic carbocycles. The molecule has 6 nitrogen and oxygen atoms in total. The summed E-state index contributed by atoms with van der Waals surface area (Å²) in [5.41, 5.74) is 3.47. The van der Waals surface area contributed by atoms with E-state index in [2.05, 4.69) is 15.6 Å². The van der Waals surface area contributed by atoms with E-state index in [0.717, 1.165) is 35.7 Å². The molecule has 8 heteroatoms. The highest BCUT2D eigenvalue weighted by Gasteiger charge is 2.29.